The minimum atomic E-state index is 0.798. The normalized spacial score (nSPS) is 10.3. The molecule has 0 aliphatic carbocycles. The Morgan fingerprint density at radius 1 is 1.18 bits per heavy atom. The molecule has 2 nitrogen and oxygen atoms in total. The maximum absolute atomic E-state index is 4.19. The Balaban J connectivity index is 2.09. The molecule has 17 heavy (non-hydrogen) atoms. The molecule has 0 bridgehead atoms. The molecule has 2 aromatic rings. The number of halogens is 1. The van der Waals surface area contributed by atoms with Crippen LogP contribution < -0.4 is 5.32 Å². The van der Waals surface area contributed by atoms with Crippen LogP contribution in [0, 0.1) is 13.8 Å². The van der Waals surface area contributed by atoms with Crippen molar-refractivity contribution >= 4 is 21.6 Å². The Bertz CT molecular complexity index is 523. The van der Waals surface area contributed by atoms with Crippen LogP contribution in [0.4, 0.5) is 5.69 Å². The van der Waals surface area contributed by atoms with Crippen LogP contribution >= 0.6 is 15.9 Å². The van der Waals surface area contributed by atoms with Crippen molar-refractivity contribution in [1.29, 1.82) is 0 Å². The predicted octanol–water partition coefficient (Wildman–Crippen LogP) is 4.07. The van der Waals surface area contributed by atoms with Crippen LogP contribution in [0.3, 0.4) is 0 Å². The third-order valence-corrected chi connectivity index (χ3v) is 3.11. The highest BCUT2D eigenvalue weighted by molar-refractivity contribution is 9.10. The van der Waals surface area contributed by atoms with Gasteiger partial charge in [0.05, 0.1) is 0 Å². The topological polar surface area (TPSA) is 24.9 Å². The highest BCUT2D eigenvalue weighted by Crippen LogP contribution is 2.21. The second kappa shape index (κ2) is 5.32. The summed E-state index contributed by atoms with van der Waals surface area (Å²) in [6.07, 6.45) is 3.77. The molecule has 0 fully saturated rings. The fraction of sp³-hybridized carbons (Fsp3) is 0.214. The smallest absolute Gasteiger partial charge is 0.0416 e. The van der Waals surface area contributed by atoms with E-state index in [0.717, 1.165) is 16.7 Å². The van der Waals surface area contributed by atoms with Crippen LogP contribution in [0.1, 0.15) is 16.7 Å². The molecule has 0 spiro atoms. The molecule has 0 amide bonds. The van der Waals surface area contributed by atoms with Gasteiger partial charge in [-0.05, 0) is 42.7 Å². The Kier molecular flexibility index (Phi) is 3.79. The fourth-order valence-electron chi connectivity index (χ4n) is 1.70. The van der Waals surface area contributed by atoms with Crippen LogP contribution in [0.25, 0.3) is 0 Å². The largest absolute Gasteiger partial charge is 0.381 e. The first-order valence-corrected chi connectivity index (χ1v) is 6.35. The Hall–Kier alpha value is -1.35. The standard InChI is InChI=1S/C14H15BrN2/c1-10-5-12(8-16-7-10)9-17-14-6-13(15)4-3-11(14)2/h3-8,17H,9H2,1-2H3. The van der Waals surface area contributed by atoms with Gasteiger partial charge in [-0.15, -0.1) is 0 Å². The summed E-state index contributed by atoms with van der Waals surface area (Å²) >= 11 is 3.48. The van der Waals surface area contributed by atoms with Crippen LogP contribution in [-0.4, -0.2) is 4.98 Å². The van der Waals surface area contributed by atoms with Crippen molar-refractivity contribution in [3.8, 4) is 0 Å². The van der Waals surface area contributed by atoms with Gasteiger partial charge in [0.2, 0.25) is 0 Å². The van der Waals surface area contributed by atoms with Crippen molar-refractivity contribution in [2.75, 3.05) is 5.32 Å². The Labute approximate surface area is 110 Å². The number of anilines is 1. The van der Waals surface area contributed by atoms with Crippen LogP contribution in [0.5, 0.6) is 0 Å². The average molecular weight is 291 g/mol. The van der Waals surface area contributed by atoms with Gasteiger partial charge in [0.15, 0.2) is 0 Å². The number of aromatic nitrogens is 1. The molecule has 0 aliphatic rings. The minimum Gasteiger partial charge on any atom is -0.381 e. The highest BCUT2D eigenvalue weighted by atomic mass is 79.9. The van der Waals surface area contributed by atoms with E-state index in [1.807, 2.05) is 12.4 Å². The van der Waals surface area contributed by atoms with Gasteiger partial charge in [-0.2, -0.15) is 0 Å². The van der Waals surface area contributed by atoms with Crippen molar-refractivity contribution < 1.29 is 0 Å². The highest BCUT2D eigenvalue weighted by Gasteiger charge is 1.99. The Morgan fingerprint density at radius 2 is 2.00 bits per heavy atom. The maximum Gasteiger partial charge on any atom is 0.0416 e. The molecule has 1 aromatic heterocycles. The van der Waals surface area contributed by atoms with Crippen molar-refractivity contribution in [3.63, 3.8) is 0 Å². The Morgan fingerprint density at radius 3 is 2.76 bits per heavy atom. The molecule has 3 heteroatoms. The molecule has 0 saturated carbocycles. The van der Waals surface area contributed by atoms with Gasteiger partial charge in [0, 0.05) is 29.1 Å². The lowest BCUT2D eigenvalue weighted by atomic mass is 10.2. The molecule has 1 N–H and O–H groups in total. The summed E-state index contributed by atoms with van der Waals surface area (Å²) in [5.74, 6) is 0. The molecular formula is C14H15BrN2. The molecule has 0 radical (unpaired) electrons. The second-order valence-electron chi connectivity index (χ2n) is 4.18. The van der Waals surface area contributed by atoms with E-state index in [2.05, 4.69) is 64.3 Å². The lowest BCUT2D eigenvalue weighted by Gasteiger charge is -2.10. The molecule has 0 aliphatic heterocycles. The molecule has 2 rings (SSSR count). The van der Waals surface area contributed by atoms with Gasteiger partial charge in [-0.25, -0.2) is 0 Å². The fourth-order valence-corrected chi connectivity index (χ4v) is 2.06. The van der Waals surface area contributed by atoms with Crippen LogP contribution in [-0.2, 0) is 6.54 Å². The molecule has 1 heterocycles. The lowest BCUT2D eigenvalue weighted by molar-refractivity contribution is 1.09. The number of benzene rings is 1. The first kappa shape index (κ1) is 12.1. The molecular weight excluding hydrogens is 276 g/mol. The summed E-state index contributed by atoms with van der Waals surface area (Å²) in [5, 5.41) is 3.43. The summed E-state index contributed by atoms with van der Waals surface area (Å²) in [4.78, 5) is 4.19. The van der Waals surface area contributed by atoms with Crippen LogP contribution in [0.2, 0.25) is 0 Å². The van der Waals surface area contributed by atoms with Gasteiger partial charge in [0.25, 0.3) is 0 Å². The number of hydrogen-bond acceptors (Lipinski definition) is 2. The van der Waals surface area contributed by atoms with Gasteiger partial charge in [0.1, 0.15) is 0 Å². The van der Waals surface area contributed by atoms with E-state index >= 15 is 0 Å². The van der Waals surface area contributed by atoms with E-state index in [4.69, 9.17) is 0 Å². The first-order valence-electron chi connectivity index (χ1n) is 5.56. The second-order valence-corrected chi connectivity index (χ2v) is 5.10. The third kappa shape index (κ3) is 3.30. The van der Waals surface area contributed by atoms with E-state index in [1.165, 1.54) is 16.7 Å². The van der Waals surface area contributed by atoms with E-state index in [9.17, 15) is 0 Å². The molecule has 0 unspecified atom stereocenters. The van der Waals surface area contributed by atoms with E-state index in [0.29, 0.717) is 0 Å². The van der Waals surface area contributed by atoms with E-state index in [-0.39, 0.29) is 0 Å². The number of pyridine rings is 1. The maximum atomic E-state index is 4.19. The zero-order valence-electron chi connectivity index (χ0n) is 10.00. The van der Waals surface area contributed by atoms with Crippen molar-refractivity contribution in [2.24, 2.45) is 0 Å². The minimum absolute atomic E-state index is 0.798. The molecule has 88 valence electrons. The van der Waals surface area contributed by atoms with Crippen molar-refractivity contribution in [1.82, 2.24) is 4.98 Å². The first-order chi connectivity index (χ1) is 8.15. The zero-order valence-corrected chi connectivity index (χ0v) is 11.6. The summed E-state index contributed by atoms with van der Waals surface area (Å²) in [6, 6.07) is 8.39. The van der Waals surface area contributed by atoms with Crippen LogP contribution in [0.15, 0.2) is 41.1 Å². The SMILES string of the molecule is Cc1cncc(CNc2cc(Br)ccc2C)c1. The zero-order chi connectivity index (χ0) is 12.3. The molecule has 0 saturated heterocycles. The predicted molar refractivity (Wildman–Crippen MR) is 75.2 cm³/mol. The average Bonchev–Trinajstić information content (AvgIpc) is 2.30. The lowest BCUT2D eigenvalue weighted by Crippen LogP contribution is -2.01. The van der Waals surface area contributed by atoms with E-state index < -0.39 is 0 Å². The van der Waals surface area contributed by atoms with Gasteiger partial charge < -0.3 is 5.32 Å². The van der Waals surface area contributed by atoms with Crippen molar-refractivity contribution in [3.05, 3.63) is 57.8 Å². The van der Waals surface area contributed by atoms with Crippen molar-refractivity contribution in [2.45, 2.75) is 20.4 Å². The number of nitrogens with one attached hydrogen (secondary N) is 1. The summed E-state index contributed by atoms with van der Waals surface area (Å²) in [7, 11) is 0. The van der Waals surface area contributed by atoms with Gasteiger partial charge >= 0.3 is 0 Å². The summed E-state index contributed by atoms with van der Waals surface area (Å²) < 4.78 is 1.09. The number of hydrogen-bond donors (Lipinski definition) is 1. The summed E-state index contributed by atoms with van der Waals surface area (Å²) in [5.41, 5.74) is 4.79. The molecule has 0 atom stereocenters. The quantitative estimate of drug-likeness (QED) is 0.922. The number of nitrogens with zero attached hydrogens (tertiary/aromatic N) is 1. The van der Waals surface area contributed by atoms with Gasteiger partial charge in [-0.1, -0.05) is 28.1 Å². The number of aryl methyl sites for hydroxylation is 2. The molecule has 1 aromatic carbocycles. The third-order valence-electron chi connectivity index (χ3n) is 2.61. The summed E-state index contributed by atoms with van der Waals surface area (Å²) in [6.45, 7) is 4.95. The monoisotopic (exact) mass is 290 g/mol. The van der Waals surface area contributed by atoms with Gasteiger partial charge in [-0.3, -0.25) is 4.98 Å². The number of rotatable bonds is 3. The van der Waals surface area contributed by atoms with E-state index in [1.54, 1.807) is 0 Å².